The SMILES string of the molecule is CCOCC(O)CN(CCO)CC(F)(F)F. The molecule has 0 bridgehead atoms. The Bertz CT molecular complexity index is 178. The van der Waals surface area contributed by atoms with Gasteiger partial charge in [-0.05, 0) is 6.92 Å². The number of alkyl halides is 3. The van der Waals surface area contributed by atoms with Gasteiger partial charge >= 0.3 is 6.18 Å². The first kappa shape index (κ1) is 15.6. The molecule has 0 aliphatic rings. The van der Waals surface area contributed by atoms with Crippen LogP contribution in [-0.2, 0) is 4.74 Å². The van der Waals surface area contributed by atoms with Crippen molar-refractivity contribution in [3.8, 4) is 0 Å². The molecule has 16 heavy (non-hydrogen) atoms. The van der Waals surface area contributed by atoms with Crippen LogP contribution in [0.3, 0.4) is 0 Å². The summed E-state index contributed by atoms with van der Waals surface area (Å²) in [6.45, 7) is 0.317. The van der Waals surface area contributed by atoms with E-state index in [1.54, 1.807) is 6.92 Å². The molecule has 98 valence electrons. The molecular weight excluding hydrogens is 227 g/mol. The van der Waals surface area contributed by atoms with E-state index in [0.29, 0.717) is 6.61 Å². The lowest BCUT2D eigenvalue weighted by atomic mass is 10.3. The highest BCUT2D eigenvalue weighted by Gasteiger charge is 2.31. The summed E-state index contributed by atoms with van der Waals surface area (Å²) in [4.78, 5) is 0.948. The predicted molar refractivity (Wildman–Crippen MR) is 52.1 cm³/mol. The van der Waals surface area contributed by atoms with E-state index >= 15 is 0 Å². The molecule has 0 saturated carbocycles. The second-order valence-electron chi connectivity index (χ2n) is 3.39. The Labute approximate surface area is 92.6 Å². The van der Waals surface area contributed by atoms with Crippen molar-refractivity contribution in [1.82, 2.24) is 4.90 Å². The fourth-order valence-corrected chi connectivity index (χ4v) is 1.23. The van der Waals surface area contributed by atoms with Gasteiger partial charge in [0.1, 0.15) is 0 Å². The number of halogens is 3. The van der Waals surface area contributed by atoms with Gasteiger partial charge in [-0.15, -0.1) is 0 Å². The molecule has 0 rings (SSSR count). The van der Waals surface area contributed by atoms with Gasteiger partial charge in [-0.2, -0.15) is 13.2 Å². The summed E-state index contributed by atoms with van der Waals surface area (Å²) in [7, 11) is 0. The van der Waals surface area contributed by atoms with Gasteiger partial charge in [0.05, 0.1) is 25.9 Å². The largest absolute Gasteiger partial charge is 0.401 e. The Morgan fingerprint density at radius 2 is 2.00 bits per heavy atom. The first-order valence-electron chi connectivity index (χ1n) is 5.04. The number of hydrogen-bond donors (Lipinski definition) is 2. The van der Waals surface area contributed by atoms with Gasteiger partial charge in [-0.3, -0.25) is 4.90 Å². The van der Waals surface area contributed by atoms with Gasteiger partial charge in [0.15, 0.2) is 0 Å². The third-order valence-electron chi connectivity index (χ3n) is 1.80. The van der Waals surface area contributed by atoms with E-state index in [-0.39, 0.29) is 26.3 Å². The van der Waals surface area contributed by atoms with Crippen LogP contribution in [0.15, 0.2) is 0 Å². The summed E-state index contributed by atoms with van der Waals surface area (Å²) in [5, 5.41) is 18.0. The topological polar surface area (TPSA) is 52.9 Å². The molecule has 0 aromatic rings. The lowest BCUT2D eigenvalue weighted by Gasteiger charge is -2.25. The zero-order valence-electron chi connectivity index (χ0n) is 9.20. The normalized spacial score (nSPS) is 14.4. The highest BCUT2D eigenvalue weighted by Crippen LogP contribution is 2.16. The molecule has 0 spiro atoms. The predicted octanol–water partition coefficient (Wildman–Crippen LogP) is 0.240. The maximum absolute atomic E-state index is 12.1. The molecule has 0 aromatic carbocycles. The van der Waals surface area contributed by atoms with Gasteiger partial charge in [0.2, 0.25) is 0 Å². The van der Waals surface area contributed by atoms with E-state index in [2.05, 4.69) is 0 Å². The summed E-state index contributed by atoms with van der Waals surface area (Å²) in [6, 6.07) is 0. The minimum Gasteiger partial charge on any atom is -0.395 e. The minimum atomic E-state index is -4.33. The lowest BCUT2D eigenvalue weighted by Crippen LogP contribution is -2.42. The highest BCUT2D eigenvalue weighted by atomic mass is 19.4. The zero-order valence-corrected chi connectivity index (χ0v) is 9.20. The van der Waals surface area contributed by atoms with Gasteiger partial charge in [-0.1, -0.05) is 0 Å². The van der Waals surface area contributed by atoms with Crippen molar-refractivity contribution in [2.75, 3.05) is 39.5 Å². The van der Waals surface area contributed by atoms with Crippen molar-refractivity contribution in [3.05, 3.63) is 0 Å². The zero-order chi connectivity index (χ0) is 12.6. The van der Waals surface area contributed by atoms with E-state index in [1.807, 2.05) is 0 Å². The number of aliphatic hydroxyl groups is 2. The monoisotopic (exact) mass is 245 g/mol. The molecule has 1 unspecified atom stereocenters. The summed E-state index contributed by atoms with van der Waals surface area (Å²) < 4.78 is 41.2. The van der Waals surface area contributed by atoms with Crippen LogP contribution in [0.5, 0.6) is 0 Å². The van der Waals surface area contributed by atoms with Gasteiger partial charge in [0.25, 0.3) is 0 Å². The molecule has 0 heterocycles. The minimum absolute atomic E-state index is 0.00368. The molecule has 0 amide bonds. The quantitative estimate of drug-likeness (QED) is 0.643. The number of rotatable bonds is 8. The molecular formula is C9H18F3NO3. The van der Waals surface area contributed by atoms with E-state index in [1.165, 1.54) is 0 Å². The summed E-state index contributed by atoms with van der Waals surface area (Å²) in [5.74, 6) is 0. The van der Waals surface area contributed by atoms with Crippen molar-refractivity contribution < 1.29 is 28.1 Å². The van der Waals surface area contributed by atoms with Crippen LogP contribution in [-0.4, -0.2) is 66.8 Å². The summed E-state index contributed by atoms with van der Waals surface area (Å²) >= 11 is 0. The van der Waals surface area contributed by atoms with E-state index in [0.717, 1.165) is 4.90 Å². The second-order valence-corrected chi connectivity index (χ2v) is 3.39. The number of nitrogens with zero attached hydrogens (tertiary/aromatic N) is 1. The van der Waals surface area contributed by atoms with E-state index in [9.17, 15) is 18.3 Å². The molecule has 4 nitrogen and oxygen atoms in total. The van der Waals surface area contributed by atoms with E-state index in [4.69, 9.17) is 9.84 Å². The van der Waals surface area contributed by atoms with Crippen molar-refractivity contribution in [3.63, 3.8) is 0 Å². The number of aliphatic hydroxyl groups excluding tert-OH is 2. The third kappa shape index (κ3) is 8.90. The first-order chi connectivity index (χ1) is 7.39. The van der Waals surface area contributed by atoms with Crippen LogP contribution >= 0.6 is 0 Å². The molecule has 0 aliphatic heterocycles. The van der Waals surface area contributed by atoms with Gasteiger partial charge < -0.3 is 14.9 Å². The fourth-order valence-electron chi connectivity index (χ4n) is 1.23. The lowest BCUT2D eigenvalue weighted by molar-refractivity contribution is -0.150. The first-order valence-corrected chi connectivity index (χ1v) is 5.04. The average Bonchev–Trinajstić information content (AvgIpc) is 2.12. The van der Waals surface area contributed by atoms with Crippen LogP contribution in [0.1, 0.15) is 6.92 Å². The summed E-state index contributed by atoms with van der Waals surface area (Å²) in [5.41, 5.74) is 0. The van der Waals surface area contributed by atoms with Crippen molar-refractivity contribution >= 4 is 0 Å². The molecule has 0 fully saturated rings. The molecule has 1 atom stereocenters. The van der Waals surface area contributed by atoms with Crippen molar-refractivity contribution in [2.45, 2.75) is 19.2 Å². The molecule has 7 heteroatoms. The Balaban J connectivity index is 4.01. The Kier molecular flexibility index (Phi) is 7.65. The van der Waals surface area contributed by atoms with Crippen molar-refractivity contribution in [2.24, 2.45) is 0 Å². The average molecular weight is 245 g/mol. The Morgan fingerprint density at radius 1 is 1.38 bits per heavy atom. The molecule has 0 aliphatic carbocycles. The smallest absolute Gasteiger partial charge is 0.395 e. The maximum Gasteiger partial charge on any atom is 0.401 e. The number of ether oxygens (including phenoxy) is 1. The fraction of sp³-hybridized carbons (Fsp3) is 1.00. The van der Waals surface area contributed by atoms with Crippen molar-refractivity contribution in [1.29, 1.82) is 0 Å². The van der Waals surface area contributed by atoms with Gasteiger partial charge in [-0.25, -0.2) is 0 Å². The maximum atomic E-state index is 12.1. The van der Waals surface area contributed by atoms with Crippen LogP contribution in [0, 0.1) is 0 Å². The van der Waals surface area contributed by atoms with Crippen LogP contribution in [0.2, 0.25) is 0 Å². The van der Waals surface area contributed by atoms with Crippen LogP contribution in [0.4, 0.5) is 13.2 Å². The third-order valence-corrected chi connectivity index (χ3v) is 1.80. The standard InChI is InChI=1S/C9H18F3NO3/c1-2-16-6-8(15)5-13(3-4-14)7-9(10,11)12/h8,14-15H,2-7H2,1H3. The summed E-state index contributed by atoms with van der Waals surface area (Å²) in [6.07, 6.45) is -5.31. The van der Waals surface area contributed by atoms with Gasteiger partial charge in [0, 0.05) is 19.7 Å². The molecule has 2 N–H and O–H groups in total. The highest BCUT2D eigenvalue weighted by molar-refractivity contribution is 4.67. The second kappa shape index (κ2) is 7.83. The van der Waals surface area contributed by atoms with E-state index < -0.39 is 18.8 Å². The Morgan fingerprint density at radius 3 is 2.44 bits per heavy atom. The van der Waals surface area contributed by atoms with Crippen LogP contribution in [0.25, 0.3) is 0 Å². The number of hydrogen-bond acceptors (Lipinski definition) is 4. The molecule has 0 saturated heterocycles. The van der Waals surface area contributed by atoms with Crippen LogP contribution < -0.4 is 0 Å². The molecule has 0 aromatic heterocycles. The molecule has 0 radical (unpaired) electrons. The Hall–Kier alpha value is -0.370.